The summed E-state index contributed by atoms with van der Waals surface area (Å²) in [5.74, 6) is -1.51. The number of ketones is 1. The molecule has 0 bridgehead atoms. The normalized spacial score (nSPS) is 10.7. The van der Waals surface area contributed by atoms with E-state index in [4.69, 9.17) is 16.3 Å². The third kappa shape index (κ3) is 4.92. The van der Waals surface area contributed by atoms with Gasteiger partial charge in [-0.3, -0.25) is 4.79 Å². The van der Waals surface area contributed by atoms with E-state index in [1.54, 1.807) is 36.4 Å². The zero-order valence-corrected chi connectivity index (χ0v) is 18.7. The van der Waals surface area contributed by atoms with E-state index in [0.29, 0.717) is 27.7 Å². The van der Waals surface area contributed by atoms with Gasteiger partial charge in [-0.25, -0.2) is 18.9 Å². The highest BCUT2D eigenvalue weighted by Gasteiger charge is 2.21. The minimum absolute atomic E-state index is 0.226. The Balaban J connectivity index is 1.60. The average Bonchev–Trinajstić information content (AvgIpc) is 3.24. The number of ether oxygens (including phenoxy) is 1. The standard InChI is InChI=1S/C23H14BrClFN3O3/c24-16-5-1-15(2-6-16)22-27-21(28-29(22)19-11-9-18(26)10-12-19)23(31)32-13-20(30)14-3-7-17(25)8-4-14/h1-12H,13H2. The largest absolute Gasteiger partial charge is 0.451 e. The third-order valence-electron chi connectivity index (χ3n) is 4.46. The van der Waals surface area contributed by atoms with Crippen LogP contribution in [0.15, 0.2) is 77.3 Å². The van der Waals surface area contributed by atoms with Gasteiger partial charge >= 0.3 is 5.97 Å². The number of aromatic nitrogens is 3. The van der Waals surface area contributed by atoms with Crippen LogP contribution in [0.1, 0.15) is 21.0 Å². The third-order valence-corrected chi connectivity index (χ3v) is 5.24. The van der Waals surface area contributed by atoms with E-state index in [-0.39, 0.29) is 11.6 Å². The van der Waals surface area contributed by atoms with E-state index in [1.165, 1.54) is 28.9 Å². The van der Waals surface area contributed by atoms with Crippen LogP contribution in [0.4, 0.5) is 4.39 Å². The summed E-state index contributed by atoms with van der Waals surface area (Å²) in [4.78, 5) is 29.1. The SMILES string of the molecule is O=C(COC(=O)c1nc(-c2ccc(Br)cc2)n(-c2ccc(F)cc2)n1)c1ccc(Cl)cc1. The fourth-order valence-corrected chi connectivity index (χ4v) is 3.25. The number of rotatable bonds is 6. The molecule has 1 aromatic heterocycles. The summed E-state index contributed by atoms with van der Waals surface area (Å²) in [5.41, 5.74) is 1.55. The van der Waals surface area contributed by atoms with Crippen molar-refractivity contribution in [2.75, 3.05) is 6.61 Å². The Hall–Kier alpha value is -3.36. The first-order chi connectivity index (χ1) is 15.4. The van der Waals surface area contributed by atoms with Crippen molar-refractivity contribution in [1.82, 2.24) is 14.8 Å². The molecule has 0 aliphatic carbocycles. The minimum atomic E-state index is -0.855. The van der Waals surface area contributed by atoms with E-state index in [9.17, 15) is 14.0 Å². The topological polar surface area (TPSA) is 74.1 Å². The van der Waals surface area contributed by atoms with Crippen LogP contribution in [0.2, 0.25) is 5.02 Å². The number of carbonyl (C=O) groups is 2. The summed E-state index contributed by atoms with van der Waals surface area (Å²) in [5, 5.41) is 4.73. The maximum Gasteiger partial charge on any atom is 0.378 e. The van der Waals surface area contributed by atoms with Crippen molar-refractivity contribution in [3.63, 3.8) is 0 Å². The monoisotopic (exact) mass is 513 g/mol. The molecule has 0 N–H and O–H groups in total. The van der Waals surface area contributed by atoms with Crippen molar-refractivity contribution in [1.29, 1.82) is 0 Å². The second-order valence-corrected chi connectivity index (χ2v) is 8.01. The summed E-state index contributed by atoms with van der Waals surface area (Å²) in [6.45, 7) is -0.473. The first kappa shape index (κ1) is 21.9. The Morgan fingerprint density at radius 3 is 2.28 bits per heavy atom. The number of halogens is 3. The van der Waals surface area contributed by atoms with Gasteiger partial charge in [0.15, 0.2) is 18.2 Å². The number of hydrogen-bond acceptors (Lipinski definition) is 5. The van der Waals surface area contributed by atoms with Crippen molar-refractivity contribution in [2.45, 2.75) is 0 Å². The fraction of sp³-hybridized carbons (Fsp3) is 0.0435. The maximum atomic E-state index is 13.4. The molecule has 160 valence electrons. The van der Waals surface area contributed by atoms with Gasteiger partial charge in [-0.05, 0) is 60.7 Å². The summed E-state index contributed by atoms with van der Waals surface area (Å²) < 4.78 is 20.8. The molecule has 3 aromatic carbocycles. The molecule has 1 heterocycles. The molecule has 0 atom stereocenters. The Kier molecular flexibility index (Phi) is 6.43. The minimum Gasteiger partial charge on any atom is -0.451 e. The predicted octanol–water partition coefficient (Wildman–Crippen LogP) is 5.53. The Bertz CT molecular complexity index is 1210. The van der Waals surface area contributed by atoms with Gasteiger partial charge in [0.1, 0.15) is 5.82 Å². The van der Waals surface area contributed by atoms with Gasteiger partial charge in [-0.1, -0.05) is 39.7 Å². The molecule has 32 heavy (non-hydrogen) atoms. The van der Waals surface area contributed by atoms with Crippen LogP contribution < -0.4 is 0 Å². The van der Waals surface area contributed by atoms with Gasteiger partial charge < -0.3 is 4.74 Å². The number of nitrogens with zero attached hydrogens (tertiary/aromatic N) is 3. The molecule has 0 saturated heterocycles. The Morgan fingerprint density at radius 1 is 0.969 bits per heavy atom. The van der Waals surface area contributed by atoms with E-state index in [2.05, 4.69) is 26.0 Å². The molecule has 0 radical (unpaired) electrons. The van der Waals surface area contributed by atoms with Crippen LogP contribution >= 0.6 is 27.5 Å². The summed E-state index contributed by atoms with van der Waals surface area (Å²) in [6, 6.07) is 19.1. The summed E-state index contributed by atoms with van der Waals surface area (Å²) in [7, 11) is 0. The number of carbonyl (C=O) groups excluding carboxylic acids is 2. The van der Waals surface area contributed by atoms with Crippen LogP contribution in [-0.2, 0) is 4.74 Å². The molecule has 0 aliphatic rings. The summed E-state index contributed by atoms with van der Waals surface area (Å²) >= 11 is 9.20. The van der Waals surface area contributed by atoms with Crippen LogP contribution in [0.5, 0.6) is 0 Å². The molecule has 0 spiro atoms. The molecular weight excluding hydrogens is 501 g/mol. The first-order valence-electron chi connectivity index (χ1n) is 9.35. The Labute approximate surface area is 195 Å². The van der Waals surface area contributed by atoms with Crippen LogP contribution in [0.3, 0.4) is 0 Å². The van der Waals surface area contributed by atoms with Crippen LogP contribution in [0, 0.1) is 5.82 Å². The lowest BCUT2D eigenvalue weighted by molar-refractivity contribution is 0.0462. The Morgan fingerprint density at radius 2 is 1.62 bits per heavy atom. The quantitative estimate of drug-likeness (QED) is 0.250. The van der Waals surface area contributed by atoms with Gasteiger partial charge in [-0.2, -0.15) is 0 Å². The van der Waals surface area contributed by atoms with E-state index in [1.807, 2.05) is 12.1 Å². The van der Waals surface area contributed by atoms with Gasteiger partial charge in [0.2, 0.25) is 0 Å². The lowest BCUT2D eigenvalue weighted by atomic mass is 10.1. The maximum absolute atomic E-state index is 13.4. The van der Waals surface area contributed by atoms with Crippen molar-refractivity contribution in [3.05, 3.63) is 99.5 Å². The lowest BCUT2D eigenvalue weighted by Gasteiger charge is -2.06. The summed E-state index contributed by atoms with van der Waals surface area (Å²) in [6.07, 6.45) is 0. The lowest BCUT2D eigenvalue weighted by Crippen LogP contribution is -2.15. The smallest absolute Gasteiger partial charge is 0.378 e. The molecule has 0 unspecified atom stereocenters. The number of Topliss-reactive ketones (excluding diaryl/α,β-unsaturated/α-hetero) is 1. The molecule has 0 saturated carbocycles. The average molecular weight is 515 g/mol. The van der Waals surface area contributed by atoms with Gasteiger partial charge in [0.25, 0.3) is 5.82 Å². The van der Waals surface area contributed by atoms with Crippen LogP contribution in [-0.4, -0.2) is 33.1 Å². The molecule has 9 heteroatoms. The van der Waals surface area contributed by atoms with Gasteiger partial charge in [-0.15, -0.1) is 5.10 Å². The second kappa shape index (κ2) is 9.42. The van der Waals surface area contributed by atoms with Crippen molar-refractivity contribution >= 4 is 39.3 Å². The van der Waals surface area contributed by atoms with Crippen LogP contribution in [0.25, 0.3) is 17.1 Å². The fourth-order valence-electron chi connectivity index (χ4n) is 2.86. The molecule has 0 fully saturated rings. The zero-order chi connectivity index (χ0) is 22.7. The molecule has 4 rings (SSSR count). The van der Waals surface area contributed by atoms with Crippen molar-refractivity contribution < 1.29 is 18.7 Å². The van der Waals surface area contributed by atoms with E-state index >= 15 is 0 Å². The highest BCUT2D eigenvalue weighted by atomic mass is 79.9. The second-order valence-electron chi connectivity index (χ2n) is 6.66. The van der Waals surface area contributed by atoms with E-state index < -0.39 is 18.4 Å². The van der Waals surface area contributed by atoms with Crippen molar-refractivity contribution in [3.8, 4) is 17.1 Å². The first-order valence-corrected chi connectivity index (χ1v) is 10.5. The number of esters is 1. The zero-order valence-electron chi connectivity index (χ0n) is 16.3. The van der Waals surface area contributed by atoms with E-state index in [0.717, 1.165) is 4.47 Å². The molecule has 4 aromatic rings. The van der Waals surface area contributed by atoms with Gasteiger partial charge in [0, 0.05) is 20.6 Å². The molecular formula is C23H14BrClFN3O3. The highest BCUT2D eigenvalue weighted by molar-refractivity contribution is 9.10. The molecule has 0 amide bonds. The number of benzene rings is 3. The predicted molar refractivity (Wildman–Crippen MR) is 121 cm³/mol. The van der Waals surface area contributed by atoms with Gasteiger partial charge in [0.05, 0.1) is 5.69 Å². The number of hydrogen-bond donors (Lipinski definition) is 0. The molecule has 6 nitrogen and oxygen atoms in total. The highest BCUT2D eigenvalue weighted by Crippen LogP contribution is 2.23. The van der Waals surface area contributed by atoms with Crippen molar-refractivity contribution in [2.24, 2.45) is 0 Å². The molecule has 0 aliphatic heterocycles.